The van der Waals surface area contributed by atoms with Gasteiger partial charge in [0, 0.05) is 0 Å². The molecule has 6 heteroatoms. The van der Waals surface area contributed by atoms with Crippen molar-refractivity contribution in [1.29, 1.82) is 0 Å². The van der Waals surface area contributed by atoms with Crippen LogP contribution in [0.2, 0.25) is 0 Å². The Labute approximate surface area is 155 Å². The van der Waals surface area contributed by atoms with Crippen LogP contribution in [-0.2, 0) is 26.3 Å². The molecule has 0 radical (unpaired) electrons. The van der Waals surface area contributed by atoms with Crippen molar-refractivity contribution in [3.05, 3.63) is 59.7 Å². The Morgan fingerprint density at radius 2 is 1.54 bits per heavy atom. The third kappa shape index (κ3) is 6.19. The van der Waals surface area contributed by atoms with Crippen LogP contribution in [-0.4, -0.2) is 14.4 Å². The third-order valence-corrected chi connectivity index (χ3v) is 4.77. The van der Waals surface area contributed by atoms with Crippen molar-refractivity contribution in [1.82, 2.24) is 0 Å². The molecule has 0 fully saturated rings. The topological polar surface area (TPSA) is 69.7 Å². The number of hydrogen-bond donors (Lipinski definition) is 0. The fraction of sp³-hybridized carbons (Fsp3) is 0.350. The zero-order valence-electron chi connectivity index (χ0n) is 15.5. The van der Waals surface area contributed by atoms with Crippen LogP contribution in [0, 0.1) is 12.3 Å². The summed E-state index contributed by atoms with van der Waals surface area (Å²) in [5, 5.41) is 0. The SMILES string of the molecule is Cc1ccc(S(=O)(=O)Oc2ccc(COC(=O)CC(C)(C)C)cc2)cc1. The van der Waals surface area contributed by atoms with Gasteiger partial charge in [0.2, 0.25) is 0 Å². The van der Waals surface area contributed by atoms with Crippen molar-refractivity contribution in [2.24, 2.45) is 5.41 Å². The van der Waals surface area contributed by atoms with Crippen LogP contribution in [0.25, 0.3) is 0 Å². The van der Waals surface area contributed by atoms with Crippen molar-refractivity contribution >= 4 is 16.1 Å². The van der Waals surface area contributed by atoms with Gasteiger partial charge in [0.1, 0.15) is 17.3 Å². The summed E-state index contributed by atoms with van der Waals surface area (Å²) in [6, 6.07) is 12.9. The Hall–Kier alpha value is -2.34. The number of ether oxygens (including phenoxy) is 1. The zero-order valence-corrected chi connectivity index (χ0v) is 16.3. The molecule has 0 aliphatic carbocycles. The van der Waals surface area contributed by atoms with E-state index in [2.05, 4.69) is 0 Å². The van der Waals surface area contributed by atoms with Gasteiger partial charge in [-0.3, -0.25) is 4.79 Å². The minimum absolute atomic E-state index is 0.100. The third-order valence-electron chi connectivity index (χ3n) is 3.51. The molecule has 5 nitrogen and oxygen atoms in total. The van der Waals surface area contributed by atoms with Gasteiger partial charge in [-0.05, 0) is 42.2 Å². The van der Waals surface area contributed by atoms with Gasteiger partial charge in [-0.15, -0.1) is 0 Å². The van der Waals surface area contributed by atoms with Crippen molar-refractivity contribution < 1.29 is 22.1 Å². The summed E-state index contributed by atoms with van der Waals surface area (Å²) in [7, 11) is -3.87. The predicted octanol–water partition coefficient (Wildman–Crippen LogP) is 4.24. The predicted molar refractivity (Wildman–Crippen MR) is 99.3 cm³/mol. The Morgan fingerprint density at radius 3 is 2.08 bits per heavy atom. The van der Waals surface area contributed by atoms with E-state index in [-0.39, 0.29) is 28.6 Å². The van der Waals surface area contributed by atoms with E-state index in [1.807, 2.05) is 27.7 Å². The number of rotatable bonds is 6. The summed E-state index contributed by atoms with van der Waals surface area (Å²) in [6.07, 6.45) is 0.336. The number of carbonyl (C=O) groups excluding carboxylic acids is 1. The molecule has 0 amide bonds. The summed E-state index contributed by atoms with van der Waals surface area (Å²) < 4.78 is 34.9. The maximum Gasteiger partial charge on any atom is 0.339 e. The highest BCUT2D eigenvalue weighted by atomic mass is 32.2. The van der Waals surface area contributed by atoms with Crippen LogP contribution in [0.15, 0.2) is 53.4 Å². The number of esters is 1. The lowest BCUT2D eigenvalue weighted by Crippen LogP contribution is -2.15. The van der Waals surface area contributed by atoms with Crippen molar-refractivity contribution in [3.63, 3.8) is 0 Å². The molecule has 0 aliphatic rings. The molecule has 2 aromatic rings. The Bertz CT molecular complexity index is 845. The van der Waals surface area contributed by atoms with E-state index in [0.717, 1.165) is 11.1 Å². The first kappa shape index (κ1) is 20.0. The second-order valence-electron chi connectivity index (χ2n) is 7.39. The molecule has 0 bridgehead atoms. The minimum atomic E-state index is -3.87. The normalized spacial score (nSPS) is 11.8. The molecule has 0 aliphatic heterocycles. The average Bonchev–Trinajstić information content (AvgIpc) is 2.53. The maximum absolute atomic E-state index is 12.3. The number of aryl methyl sites for hydroxylation is 1. The molecule has 26 heavy (non-hydrogen) atoms. The first-order valence-electron chi connectivity index (χ1n) is 8.31. The molecule has 0 saturated carbocycles. The van der Waals surface area contributed by atoms with Crippen molar-refractivity contribution in [2.75, 3.05) is 0 Å². The van der Waals surface area contributed by atoms with Gasteiger partial charge >= 0.3 is 16.1 Å². The molecule has 0 aromatic heterocycles. The second kappa shape index (κ2) is 7.91. The first-order chi connectivity index (χ1) is 12.0. The van der Waals surface area contributed by atoms with E-state index in [4.69, 9.17) is 8.92 Å². The number of hydrogen-bond acceptors (Lipinski definition) is 5. The molecule has 0 heterocycles. The molecule has 140 valence electrons. The van der Waals surface area contributed by atoms with E-state index in [1.165, 1.54) is 12.1 Å². The highest BCUT2D eigenvalue weighted by molar-refractivity contribution is 7.87. The Kier molecular flexibility index (Phi) is 6.08. The fourth-order valence-electron chi connectivity index (χ4n) is 2.17. The molecule has 0 atom stereocenters. The van der Waals surface area contributed by atoms with Crippen LogP contribution in [0.5, 0.6) is 5.75 Å². The van der Waals surface area contributed by atoms with E-state index in [0.29, 0.717) is 6.42 Å². The van der Waals surface area contributed by atoms with Crippen LogP contribution < -0.4 is 4.18 Å². The lowest BCUT2D eigenvalue weighted by molar-refractivity contribution is -0.147. The van der Waals surface area contributed by atoms with Gasteiger partial charge in [-0.1, -0.05) is 50.6 Å². The lowest BCUT2D eigenvalue weighted by atomic mass is 9.92. The van der Waals surface area contributed by atoms with Gasteiger partial charge in [0.15, 0.2) is 0 Å². The summed E-state index contributed by atoms with van der Waals surface area (Å²) in [6.45, 7) is 7.92. The van der Waals surface area contributed by atoms with E-state index < -0.39 is 10.1 Å². The van der Waals surface area contributed by atoms with E-state index in [1.54, 1.807) is 36.4 Å². The summed E-state index contributed by atoms with van der Waals surface area (Å²) in [5.41, 5.74) is 1.60. The van der Waals surface area contributed by atoms with Gasteiger partial charge in [-0.2, -0.15) is 8.42 Å². The summed E-state index contributed by atoms with van der Waals surface area (Å²) in [5.74, 6) is -0.0601. The molecule has 2 aromatic carbocycles. The van der Waals surface area contributed by atoms with E-state index in [9.17, 15) is 13.2 Å². The highest BCUT2D eigenvalue weighted by Gasteiger charge is 2.18. The van der Waals surface area contributed by atoms with Gasteiger partial charge in [0.05, 0.1) is 6.42 Å². The molecule has 2 rings (SSSR count). The van der Waals surface area contributed by atoms with Crippen LogP contribution in [0.3, 0.4) is 0 Å². The monoisotopic (exact) mass is 376 g/mol. The zero-order chi connectivity index (χ0) is 19.4. The highest BCUT2D eigenvalue weighted by Crippen LogP contribution is 2.21. The molecule has 0 N–H and O–H groups in total. The Morgan fingerprint density at radius 1 is 0.962 bits per heavy atom. The lowest BCUT2D eigenvalue weighted by Gasteiger charge is -2.16. The molecular weight excluding hydrogens is 352 g/mol. The standard InChI is InChI=1S/C20H24O5S/c1-15-5-11-18(12-6-15)26(22,23)25-17-9-7-16(8-10-17)14-24-19(21)13-20(2,3)4/h5-12H,13-14H2,1-4H3. The minimum Gasteiger partial charge on any atom is -0.461 e. The first-order valence-corrected chi connectivity index (χ1v) is 9.72. The van der Waals surface area contributed by atoms with Gasteiger partial charge in [0.25, 0.3) is 0 Å². The fourth-order valence-corrected chi connectivity index (χ4v) is 3.10. The van der Waals surface area contributed by atoms with Crippen LogP contribution in [0.1, 0.15) is 38.3 Å². The quantitative estimate of drug-likeness (QED) is 0.557. The summed E-state index contributed by atoms with van der Waals surface area (Å²) in [4.78, 5) is 11.8. The van der Waals surface area contributed by atoms with Crippen molar-refractivity contribution in [2.45, 2.75) is 45.6 Å². The average molecular weight is 376 g/mol. The van der Waals surface area contributed by atoms with Gasteiger partial charge in [-0.25, -0.2) is 0 Å². The van der Waals surface area contributed by atoms with Gasteiger partial charge < -0.3 is 8.92 Å². The maximum atomic E-state index is 12.3. The van der Waals surface area contributed by atoms with Crippen LogP contribution in [0.4, 0.5) is 0 Å². The molecule has 0 saturated heterocycles. The van der Waals surface area contributed by atoms with Crippen LogP contribution >= 0.6 is 0 Å². The number of carbonyl (C=O) groups is 1. The summed E-state index contributed by atoms with van der Waals surface area (Å²) >= 11 is 0. The van der Waals surface area contributed by atoms with E-state index >= 15 is 0 Å². The molecular formula is C20H24O5S. The molecule has 0 unspecified atom stereocenters. The second-order valence-corrected chi connectivity index (χ2v) is 8.94. The molecule has 0 spiro atoms. The largest absolute Gasteiger partial charge is 0.461 e. The van der Waals surface area contributed by atoms with Crippen molar-refractivity contribution in [3.8, 4) is 5.75 Å². The smallest absolute Gasteiger partial charge is 0.339 e. The Balaban J connectivity index is 1.97. The number of benzene rings is 2.